The van der Waals surface area contributed by atoms with Crippen LogP contribution in [0.5, 0.6) is 0 Å². The molecule has 0 amide bonds. The third-order valence-corrected chi connectivity index (χ3v) is 14.5. The van der Waals surface area contributed by atoms with Crippen molar-refractivity contribution in [2.24, 2.45) is 0 Å². The van der Waals surface area contributed by atoms with Gasteiger partial charge in [0.15, 0.2) is 0 Å². The average molecular weight is 289 g/mol. The zero-order chi connectivity index (χ0) is 12.9. The van der Waals surface area contributed by atoms with Crippen LogP contribution >= 0.6 is 0 Å². The summed E-state index contributed by atoms with van der Waals surface area (Å²) in [4.78, 5) is 0. The Balaban J connectivity index is 0. The molecule has 0 radical (unpaired) electrons. The standard InChI is InChI=1S/C12H28As.CHNO/c1-5-9-13(10-6-2,11-7-3)12-8-4;2-1-3/h5-12H2,1-4H3;3H/q+1;/p-1. The largest absolute Gasteiger partial charge is 0.812 e. The summed E-state index contributed by atoms with van der Waals surface area (Å²) in [5, 5.41) is 21.5. The third-order valence-electron chi connectivity index (χ3n) is 2.79. The molecule has 0 rings (SSSR count). The predicted molar refractivity (Wildman–Crippen MR) is 71.8 cm³/mol. The predicted octanol–water partition coefficient (Wildman–Crippen LogP) is 3.90. The minimum absolute atomic E-state index is 0.500. The van der Waals surface area contributed by atoms with E-state index in [0.29, 0.717) is 6.26 Å². The summed E-state index contributed by atoms with van der Waals surface area (Å²) in [6.07, 6.45) is 6.25. The fourth-order valence-corrected chi connectivity index (χ4v) is 13.3. The van der Waals surface area contributed by atoms with Crippen LogP contribution in [0.2, 0.25) is 20.8 Å². The normalized spacial score (nSPS) is 10.2. The first-order valence-electron chi connectivity index (χ1n) is 6.52. The summed E-state index contributed by atoms with van der Waals surface area (Å²) in [5.74, 6) is 0. The summed E-state index contributed by atoms with van der Waals surface area (Å²) in [5.41, 5.74) is 0. The molecule has 0 aliphatic carbocycles. The maximum Gasteiger partial charge on any atom is 0.0199 e. The Morgan fingerprint density at radius 1 is 0.812 bits per heavy atom. The first-order valence-corrected chi connectivity index (χ1v) is 11.8. The van der Waals surface area contributed by atoms with Gasteiger partial charge in [0.1, 0.15) is 0 Å². The van der Waals surface area contributed by atoms with E-state index >= 15 is 0 Å². The molecular formula is C13H28AsNO. The number of hydrogen-bond donors (Lipinski definition) is 0. The summed E-state index contributed by atoms with van der Waals surface area (Å²) in [6, 6.07) is 0. The smallest absolute Gasteiger partial charge is 0.0199 e. The van der Waals surface area contributed by atoms with E-state index in [0.717, 1.165) is 0 Å². The minimum atomic E-state index is -1.15. The fourth-order valence-electron chi connectivity index (χ4n) is 2.57. The van der Waals surface area contributed by atoms with Crippen LogP contribution in [0.25, 0.3) is 0 Å². The van der Waals surface area contributed by atoms with E-state index in [4.69, 9.17) is 10.4 Å². The van der Waals surface area contributed by atoms with Crippen LogP contribution in [0.15, 0.2) is 0 Å². The molecule has 0 atom stereocenters. The second-order valence-electron chi connectivity index (χ2n) is 4.33. The van der Waals surface area contributed by atoms with Gasteiger partial charge in [-0.2, -0.15) is 0 Å². The molecule has 0 unspecified atom stereocenters. The van der Waals surface area contributed by atoms with Crippen molar-refractivity contribution >= 4 is 13.6 Å². The van der Waals surface area contributed by atoms with Crippen molar-refractivity contribution in [2.75, 3.05) is 0 Å². The maximum absolute atomic E-state index is 8.24. The molecule has 96 valence electrons. The van der Waals surface area contributed by atoms with E-state index in [1.54, 1.807) is 20.8 Å². The molecule has 3 heteroatoms. The maximum atomic E-state index is 8.24. The average Bonchev–Trinajstić information content (AvgIpc) is 2.20. The minimum Gasteiger partial charge on any atom is -0.812 e. The second-order valence-corrected chi connectivity index (χ2v) is 13.7. The molecule has 0 aliphatic rings. The molecular weight excluding hydrogens is 261 g/mol. The van der Waals surface area contributed by atoms with Gasteiger partial charge in [-0.05, 0) is 0 Å². The molecule has 2 nitrogen and oxygen atoms in total. The van der Waals surface area contributed by atoms with E-state index in [9.17, 15) is 0 Å². The van der Waals surface area contributed by atoms with E-state index in [1.165, 1.54) is 25.7 Å². The Labute approximate surface area is 105 Å². The van der Waals surface area contributed by atoms with Crippen molar-refractivity contribution in [3.63, 3.8) is 0 Å². The van der Waals surface area contributed by atoms with Gasteiger partial charge in [-0.3, -0.25) is 0 Å². The second kappa shape index (κ2) is 12.9. The molecule has 0 spiro atoms. The Morgan fingerprint density at radius 3 is 1.12 bits per heavy atom. The molecule has 0 saturated carbocycles. The SMILES string of the molecule is CCC[As+](CCC)(CCC)CCC.N#C[O-]. The molecule has 0 saturated heterocycles. The number of rotatable bonds is 8. The zero-order valence-electron chi connectivity index (χ0n) is 11.5. The molecule has 16 heavy (non-hydrogen) atoms. The van der Waals surface area contributed by atoms with Crippen molar-refractivity contribution in [1.29, 1.82) is 5.26 Å². The van der Waals surface area contributed by atoms with Crippen LogP contribution in [0.1, 0.15) is 53.4 Å². The van der Waals surface area contributed by atoms with E-state index in [1.807, 2.05) is 0 Å². The van der Waals surface area contributed by atoms with Crippen LogP contribution in [-0.2, 0) is 0 Å². The van der Waals surface area contributed by atoms with Gasteiger partial charge in [-0.1, -0.05) is 0 Å². The molecule has 0 bridgehead atoms. The molecule has 0 heterocycles. The first kappa shape index (κ1) is 18.2. The van der Waals surface area contributed by atoms with Crippen LogP contribution < -0.4 is 5.11 Å². The van der Waals surface area contributed by atoms with Gasteiger partial charge in [0.2, 0.25) is 0 Å². The van der Waals surface area contributed by atoms with Crippen molar-refractivity contribution in [2.45, 2.75) is 74.2 Å². The van der Waals surface area contributed by atoms with Gasteiger partial charge in [-0.25, -0.2) is 5.26 Å². The van der Waals surface area contributed by atoms with Gasteiger partial charge in [0.25, 0.3) is 0 Å². The molecule has 0 fully saturated rings. The third kappa shape index (κ3) is 9.10. The molecule has 0 aliphatic heterocycles. The number of nitriles is 1. The summed E-state index contributed by atoms with van der Waals surface area (Å²) < 4.78 is 0. The van der Waals surface area contributed by atoms with Crippen molar-refractivity contribution in [1.82, 2.24) is 0 Å². The van der Waals surface area contributed by atoms with Gasteiger partial charge >= 0.3 is 87.8 Å². The van der Waals surface area contributed by atoms with Crippen molar-refractivity contribution < 1.29 is 5.11 Å². The van der Waals surface area contributed by atoms with Crippen LogP contribution in [0.3, 0.4) is 0 Å². The Morgan fingerprint density at radius 2 is 1.00 bits per heavy atom. The molecule has 0 aromatic rings. The Hall–Kier alpha value is -0.152. The molecule has 0 aromatic heterocycles. The van der Waals surface area contributed by atoms with Gasteiger partial charge in [0, 0.05) is 6.26 Å². The van der Waals surface area contributed by atoms with Gasteiger partial charge in [0.05, 0.1) is 0 Å². The van der Waals surface area contributed by atoms with Crippen LogP contribution in [0.4, 0.5) is 0 Å². The van der Waals surface area contributed by atoms with E-state index < -0.39 is 13.6 Å². The Kier molecular flexibility index (Phi) is 14.7. The monoisotopic (exact) mass is 289 g/mol. The number of nitrogens with zero attached hydrogens (tertiary/aromatic N) is 1. The van der Waals surface area contributed by atoms with E-state index in [2.05, 4.69) is 27.7 Å². The van der Waals surface area contributed by atoms with Crippen molar-refractivity contribution in [3.8, 4) is 6.26 Å². The van der Waals surface area contributed by atoms with Crippen LogP contribution in [-0.4, -0.2) is 13.6 Å². The summed E-state index contributed by atoms with van der Waals surface area (Å²) in [6.45, 7) is 9.49. The van der Waals surface area contributed by atoms with Gasteiger partial charge in [-0.15, -0.1) is 0 Å². The summed E-state index contributed by atoms with van der Waals surface area (Å²) >= 11 is -1.15. The molecule has 0 N–H and O–H groups in total. The number of hydrogen-bond acceptors (Lipinski definition) is 2. The summed E-state index contributed by atoms with van der Waals surface area (Å²) in [7, 11) is 0. The quantitative estimate of drug-likeness (QED) is 0.502. The topological polar surface area (TPSA) is 46.8 Å². The first-order chi connectivity index (χ1) is 7.66. The van der Waals surface area contributed by atoms with Crippen molar-refractivity contribution in [3.05, 3.63) is 0 Å². The Bertz CT molecular complexity index is 148. The molecule has 0 aromatic carbocycles. The fraction of sp³-hybridized carbons (Fsp3) is 0.923. The van der Waals surface area contributed by atoms with Crippen LogP contribution in [0, 0.1) is 11.5 Å². The van der Waals surface area contributed by atoms with Gasteiger partial charge < -0.3 is 5.11 Å². The van der Waals surface area contributed by atoms with E-state index in [-0.39, 0.29) is 0 Å². The zero-order valence-corrected chi connectivity index (χ0v) is 13.3.